The van der Waals surface area contributed by atoms with Crippen LogP contribution in [-0.2, 0) is 11.3 Å². The zero-order valence-corrected chi connectivity index (χ0v) is 11.0. The van der Waals surface area contributed by atoms with Gasteiger partial charge in [0.2, 0.25) is 0 Å². The van der Waals surface area contributed by atoms with E-state index in [1.165, 1.54) is 19.2 Å². The number of esters is 1. The Kier molecular flexibility index (Phi) is 4.20. The second-order valence-corrected chi connectivity index (χ2v) is 4.28. The van der Waals surface area contributed by atoms with Crippen LogP contribution >= 0.6 is 0 Å². The van der Waals surface area contributed by atoms with Crippen molar-refractivity contribution in [2.75, 3.05) is 18.2 Å². The van der Waals surface area contributed by atoms with Gasteiger partial charge in [-0.15, -0.1) is 0 Å². The Morgan fingerprint density at radius 1 is 1.30 bits per heavy atom. The number of hydrogen-bond donors (Lipinski definition) is 2. The second kappa shape index (κ2) is 6.06. The van der Waals surface area contributed by atoms with Crippen molar-refractivity contribution in [3.8, 4) is 0 Å². The van der Waals surface area contributed by atoms with Crippen molar-refractivity contribution in [2.45, 2.75) is 6.54 Å². The smallest absolute Gasteiger partial charge is 0.337 e. The van der Waals surface area contributed by atoms with Crippen molar-refractivity contribution < 1.29 is 13.9 Å². The van der Waals surface area contributed by atoms with Gasteiger partial charge >= 0.3 is 5.97 Å². The Bertz CT molecular complexity index is 629. The van der Waals surface area contributed by atoms with Gasteiger partial charge < -0.3 is 15.8 Å². The normalized spacial score (nSPS) is 10.1. The molecule has 2 aromatic carbocycles. The molecule has 2 aromatic rings. The summed E-state index contributed by atoms with van der Waals surface area (Å²) in [5, 5.41) is 3.10. The van der Waals surface area contributed by atoms with E-state index in [0.29, 0.717) is 23.5 Å². The number of nitrogens with two attached hydrogens (primary N) is 1. The lowest BCUT2D eigenvalue weighted by molar-refractivity contribution is 0.0601. The van der Waals surface area contributed by atoms with Gasteiger partial charge in [0, 0.05) is 6.54 Å². The number of ether oxygens (including phenoxy) is 1. The molecule has 0 bridgehead atoms. The summed E-state index contributed by atoms with van der Waals surface area (Å²) in [6.45, 7) is 0.444. The van der Waals surface area contributed by atoms with Crippen LogP contribution in [0.5, 0.6) is 0 Å². The Balaban J connectivity index is 2.08. The molecule has 2 rings (SSSR count). The molecule has 0 spiro atoms. The van der Waals surface area contributed by atoms with Gasteiger partial charge in [-0.05, 0) is 35.9 Å². The standard InChI is InChI=1S/C15H15FN2O2/c1-20-15(19)11-5-6-14(13(17)8-11)18-9-10-3-2-4-12(16)7-10/h2-8,18H,9,17H2,1H3. The Hall–Kier alpha value is -2.56. The SMILES string of the molecule is COC(=O)c1ccc(NCc2cccc(F)c2)c(N)c1. The number of benzene rings is 2. The molecular weight excluding hydrogens is 259 g/mol. The number of hydrogen-bond acceptors (Lipinski definition) is 4. The van der Waals surface area contributed by atoms with E-state index in [9.17, 15) is 9.18 Å². The molecule has 0 aliphatic carbocycles. The van der Waals surface area contributed by atoms with Gasteiger partial charge in [0.05, 0.1) is 24.0 Å². The van der Waals surface area contributed by atoms with Crippen LogP contribution in [0.2, 0.25) is 0 Å². The number of rotatable bonds is 4. The third-order valence-corrected chi connectivity index (χ3v) is 2.84. The number of nitrogens with one attached hydrogen (secondary N) is 1. The summed E-state index contributed by atoms with van der Waals surface area (Å²) in [5.41, 5.74) is 8.18. The quantitative estimate of drug-likeness (QED) is 0.664. The Morgan fingerprint density at radius 2 is 2.10 bits per heavy atom. The van der Waals surface area contributed by atoms with Gasteiger partial charge in [-0.3, -0.25) is 0 Å². The lowest BCUT2D eigenvalue weighted by atomic mass is 10.1. The molecule has 0 saturated heterocycles. The molecule has 104 valence electrons. The molecule has 0 unspecified atom stereocenters. The van der Waals surface area contributed by atoms with Gasteiger partial charge in [0.15, 0.2) is 0 Å². The van der Waals surface area contributed by atoms with Crippen LogP contribution in [0.4, 0.5) is 15.8 Å². The zero-order valence-electron chi connectivity index (χ0n) is 11.0. The number of methoxy groups -OCH3 is 1. The van der Waals surface area contributed by atoms with Gasteiger partial charge in [0.1, 0.15) is 5.82 Å². The van der Waals surface area contributed by atoms with Crippen LogP contribution in [-0.4, -0.2) is 13.1 Å². The molecule has 0 aliphatic heterocycles. The number of halogens is 1. The first kappa shape index (κ1) is 13.9. The lowest BCUT2D eigenvalue weighted by Gasteiger charge is -2.10. The summed E-state index contributed by atoms with van der Waals surface area (Å²) in [5.74, 6) is -0.716. The number of anilines is 2. The number of carbonyl (C=O) groups is 1. The highest BCUT2D eigenvalue weighted by Gasteiger charge is 2.08. The first-order valence-electron chi connectivity index (χ1n) is 6.06. The van der Waals surface area contributed by atoms with Crippen molar-refractivity contribution >= 4 is 17.3 Å². The third kappa shape index (κ3) is 3.26. The first-order chi connectivity index (χ1) is 9.60. The topological polar surface area (TPSA) is 64.3 Å². The maximum Gasteiger partial charge on any atom is 0.337 e. The average molecular weight is 274 g/mol. The first-order valence-corrected chi connectivity index (χ1v) is 6.06. The fraction of sp³-hybridized carbons (Fsp3) is 0.133. The third-order valence-electron chi connectivity index (χ3n) is 2.84. The number of carbonyl (C=O) groups excluding carboxylic acids is 1. The van der Waals surface area contributed by atoms with Gasteiger partial charge in [-0.2, -0.15) is 0 Å². The van der Waals surface area contributed by atoms with E-state index in [1.54, 1.807) is 24.3 Å². The Labute approximate surface area is 116 Å². The van der Waals surface area contributed by atoms with E-state index in [2.05, 4.69) is 10.1 Å². The summed E-state index contributed by atoms with van der Waals surface area (Å²) in [6, 6.07) is 11.2. The van der Waals surface area contributed by atoms with Crippen molar-refractivity contribution in [1.82, 2.24) is 0 Å². The molecule has 0 saturated carbocycles. The summed E-state index contributed by atoms with van der Waals surface area (Å²) < 4.78 is 17.7. The predicted octanol–water partition coefficient (Wildman–Crippen LogP) is 2.81. The minimum atomic E-state index is -0.437. The predicted molar refractivity (Wildman–Crippen MR) is 75.9 cm³/mol. The molecule has 0 amide bonds. The minimum Gasteiger partial charge on any atom is -0.465 e. The summed E-state index contributed by atoms with van der Waals surface area (Å²) in [4.78, 5) is 11.4. The Morgan fingerprint density at radius 3 is 2.75 bits per heavy atom. The zero-order chi connectivity index (χ0) is 14.5. The van der Waals surface area contributed by atoms with Gasteiger partial charge in [-0.1, -0.05) is 12.1 Å². The van der Waals surface area contributed by atoms with Crippen LogP contribution < -0.4 is 11.1 Å². The fourth-order valence-corrected chi connectivity index (χ4v) is 1.81. The van der Waals surface area contributed by atoms with Crippen molar-refractivity contribution in [2.24, 2.45) is 0 Å². The van der Waals surface area contributed by atoms with Crippen LogP contribution in [0.3, 0.4) is 0 Å². The largest absolute Gasteiger partial charge is 0.465 e. The van der Waals surface area contributed by atoms with E-state index in [1.807, 2.05) is 6.07 Å². The second-order valence-electron chi connectivity index (χ2n) is 4.28. The van der Waals surface area contributed by atoms with E-state index >= 15 is 0 Å². The van der Waals surface area contributed by atoms with Crippen LogP contribution in [0.25, 0.3) is 0 Å². The molecule has 0 atom stereocenters. The van der Waals surface area contributed by atoms with E-state index in [4.69, 9.17) is 5.73 Å². The maximum absolute atomic E-state index is 13.0. The molecule has 3 N–H and O–H groups in total. The molecule has 0 heterocycles. The highest BCUT2D eigenvalue weighted by atomic mass is 19.1. The monoisotopic (exact) mass is 274 g/mol. The van der Waals surface area contributed by atoms with Crippen LogP contribution in [0.15, 0.2) is 42.5 Å². The number of nitrogen functional groups attached to an aromatic ring is 1. The van der Waals surface area contributed by atoms with Crippen molar-refractivity contribution in [3.63, 3.8) is 0 Å². The van der Waals surface area contributed by atoms with E-state index < -0.39 is 5.97 Å². The molecule has 20 heavy (non-hydrogen) atoms. The van der Waals surface area contributed by atoms with Gasteiger partial charge in [-0.25, -0.2) is 9.18 Å². The summed E-state index contributed by atoms with van der Waals surface area (Å²) in [7, 11) is 1.31. The summed E-state index contributed by atoms with van der Waals surface area (Å²) >= 11 is 0. The highest BCUT2D eigenvalue weighted by Crippen LogP contribution is 2.21. The van der Waals surface area contributed by atoms with E-state index in [0.717, 1.165) is 5.56 Å². The van der Waals surface area contributed by atoms with Crippen molar-refractivity contribution in [3.05, 3.63) is 59.4 Å². The fourth-order valence-electron chi connectivity index (χ4n) is 1.81. The van der Waals surface area contributed by atoms with E-state index in [-0.39, 0.29) is 5.82 Å². The molecule has 0 aliphatic rings. The maximum atomic E-state index is 13.0. The molecule has 4 nitrogen and oxygen atoms in total. The average Bonchev–Trinajstić information content (AvgIpc) is 2.45. The van der Waals surface area contributed by atoms with Crippen LogP contribution in [0, 0.1) is 5.82 Å². The summed E-state index contributed by atoms with van der Waals surface area (Å²) in [6.07, 6.45) is 0. The molecule has 5 heteroatoms. The van der Waals surface area contributed by atoms with Crippen LogP contribution in [0.1, 0.15) is 15.9 Å². The minimum absolute atomic E-state index is 0.279. The lowest BCUT2D eigenvalue weighted by Crippen LogP contribution is -2.06. The van der Waals surface area contributed by atoms with Gasteiger partial charge in [0.25, 0.3) is 0 Å². The molecule has 0 radical (unpaired) electrons. The molecule has 0 fully saturated rings. The molecular formula is C15H15FN2O2. The van der Waals surface area contributed by atoms with Crippen molar-refractivity contribution in [1.29, 1.82) is 0 Å². The molecule has 0 aromatic heterocycles. The highest BCUT2D eigenvalue weighted by molar-refractivity contribution is 5.91.